The van der Waals surface area contributed by atoms with Crippen LogP contribution >= 0.6 is 11.3 Å². The zero-order valence-electron chi connectivity index (χ0n) is 14.3. The molecule has 7 nitrogen and oxygen atoms in total. The minimum absolute atomic E-state index is 0.00890. The zero-order chi connectivity index (χ0) is 19.0. The lowest BCUT2D eigenvalue weighted by molar-refractivity contribution is -0.384. The van der Waals surface area contributed by atoms with Gasteiger partial charge in [-0.05, 0) is 12.5 Å². The van der Waals surface area contributed by atoms with Crippen LogP contribution in [0.4, 0.5) is 5.69 Å². The quantitative estimate of drug-likeness (QED) is 0.398. The van der Waals surface area contributed by atoms with E-state index in [-0.39, 0.29) is 17.8 Å². The summed E-state index contributed by atoms with van der Waals surface area (Å²) in [5.74, 6) is 0. The van der Waals surface area contributed by atoms with Gasteiger partial charge in [0, 0.05) is 17.7 Å². The Hall–Kier alpha value is -3.39. The van der Waals surface area contributed by atoms with E-state index >= 15 is 0 Å². The van der Waals surface area contributed by atoms with Crippen molar-refractivity contribution in [3.8, 4) is 11.3 Å². The molecular formula is C19H14N4O3S. The maximum Gasteiger partial charge on any atom is 0.294 e. The third kappa shape index (κ3) is 3.22. The normalized spacial score (nSPS) is 11.0. The zero-order valence-corrected chi connectivity index (χ0v) is 15.1. The fourth-order valence-electron chi connectivity index (χ4n) is 2.85. The summed E-state index contributed by atoms with van der Waals surface area (Å²) in [6.45, 7) is 2.07. The molecule has 8 heteroatoms. The van der Waals surface area contributed by atoms with Crippen LogP contribution in [-0.4, -0.2) is 19.7 Å². The lowest BCUT2D eigenvalue weighted by Gasteiger charge is -2.08. The van der Waals surface area contributed by atoms with Crippen LogP contribution in [0.5, 0.6) is 0 Å². The maximum absolute atomic E-state index is 12.8. The van der Waals surface area contributed by atoms with Crippen molar-refractivity contribution in [1.82, 2.24) is 14.8 Å². The average molecular weight is 378 g/mol. The van der Waals surface area contributed by atoms with Gasteiger partial charge in [-0.15, -0.1) is 11.3 Å². The number of aromatic nitrogens is 3. The Bertz CT molecular complexity index is 1200. The summed E-state index contributed by atoms with van der Waals surface area (Å²) in [5.41, 5.74) is 2.50. The second-order valence-electron chi connectivity index (χ2n) is 6.01. The first-order valence-corrected chi connectivity index (χ1v) is 9.01. The molecule has 27 heavy (non-hydrogen) atoms. The second kappa shape index (κ2) is 6.73. The number of hydrogen-bond donors (Lipinski definition) is 0. The average Bonchev–Trinajstić information content (AvgIpc) is 3.07. The van der Waals surface area contributed by atoms with Crippen molar-refractivity contribution in [3.05, 3.63) is 85.6 Å². The van der Waals surface area contributed by atoms with Gasteiger partial charge in [0.25, 0.3) is 11.2 Å². The van der Waals surface area contributed by atoms with E-state index in [2.05, 4.69) is 10.1 Å². The molecule has 0 atom stereocenters. The van der Waals surface area contributed by atoms with Crippen molar-refractivity contribution in [2.24, 2.45) is 0 Å². The molecule has 0 aliphatic rings. The Labute approximate surface area is 157 Å². The van der Waals surface area contributed by atoms with E-state index in [0.717, 1.165) is 20.8 Å². The summed E-state index contributed by atoms with van der Waals surface area (Å²) in [6, 6.07) is 15.7. The number of benzene rings is 2. The minimum Gasteiger partial charge on any atom is -0.265 e. The molecule has 134 valence electrons. The van der Waals surface area contributed by atoms with Gasteiger partial charge in [0.15, 0.2) is 5.52 Å². The van der Waals surface area contributed by atoms with Crippen LogP contribution in [0.2, 0.25) is 0 Å². The monoisotopic (exact) mass is 378 g/mol. The standard InChI is InChI=1S/C19H14N4O3S/c1-12-20-17-18(27-12)16(14-5-3-2-4-6-14)21-22(19(17)24)11-13-7-9-15(10-8-13)23(25)26/h2-10H,11H2,1H3. The van der Waals surface area contributed by atoms with E-state index in [1.807, 2.05) is 37.3 Å². The van der Waals surface area contributed by atoms with E-state index in [1.54, 1.807) is 12.1 Å². The molecule has 0 N–H and O–H groups in total. The summed E-state index contributed by atoms with van der Waals surface area (Å²) in [7, 11) is 0. The van der Waals surface area contributed by atoms with E-state index in [4.69, 9.17) is 0 Å². The van der Waals surface area contributed by atoms with Crippen LogP contribution < -0.4 is 5.56 Å². The van der Waals surface area contributed by atoms with Gasteiger partial charge < -0.3 is 0 Å². The van der Waals surface area contributed by atoms with Crippen molar-refractivity contribution in [2.45, 2.75) is 13.5 Å². The number of rotatable bonds is 4. The summed E-state index contributed by atoms with van der Waals surface area (Å²) in [6.07, 6.45) is 0. The SMILES string of the molecule is Cc1nc2c(=O)n(Cc3ccc([N+](=O)[O-])cc3)nc(-c3ccccc3)c2s1. The van der Waals surface area contributed by atoms with Gasteiger partial charge in [-0.25, -0.2) is 9.67 Å². The highest BCUT2D eigenvalue weighted by Gasteiger charge is 2.16. The maximum atomic E-state index is 12.8. The van der Waals surface area contributed by atoms with Gasteiger partial charge >= 0.3 is 0 Å². The molecule has 2 aromatic heterocycles. The Kier molecular flexibility index (Phi) is 4.25. The molecule has 0 fully saturated rings. The highest BCUT2D eigenvalue weighted by atomic mass is 32.1. The molecule has 0 saturated carbocycles. The Balaban J connectivity index is 1.84. The lowest BCUT2D eigenvalue weighted by atomic mass is 10.1. The lowest BCUT2D eigenvalue weighted by Crippen LogP contribution is -2.24. The number of nitrogens with zero attached hydrogens (tertiary/aromatic N) is 4. The second-order valence-corrected chi connectivity index (χ2v) is 7.21. The number of fused-ring (bicyclic) bond motifs is 1. The molecule has 4 aromatic rings. The number of aryl methyl sites for hydroxylation is 1. The smallest absolute Gasteiger partial charge is 0.265 e. The van der Waals surface area contributed by atoms with Crippen molar-refractivity contribution >= 4 is 27.2 Å². The molecule has 0 aliphatic heterocycles. The van der Waals surface area contributed by atoms with E-state index in [1.165, 1.54) is 28.2 Å². The van der Waals surface area contributed by atoms with Crippen LogP contribution in [0.1, 0.15) is 10.6 Å². The first kappa shape index (κ1) is 17.0. The molecule has 0 amide bonds. The number of nitro benzene ring substituents is 1. The Morgan fingerprint density at radius 3 is 2.48 bits per heavy atom. The predicted octanol–water partition coefficient (Wildman–Crippen LogP) is 3.78. The molecule has 0 saturated heterocycles. The van der Waals surface area contributed by atoms with Gasteiger partial charge in [0.1, 0.15) is 5.69 Å². The van der Waals surface area contributed by atoms with Gasteiger partial charge in [0.05, 0.1) is 21.2 Å². The van der Waals surface area contributed by atoms with Gasteiger partial charge in [0.2, 0.25) is 0 Å². The first-order valence-electron chi connectivity index (χ1n) is 8.20. The number of nitro groups is 1. The number of hydrogen-bond acceptors (Lipinski definition) is 6. The molecule has 0 aliphatic carbocycles. The Morgan fingerprint density at radius 1 is 1.11 bits per heavy atom. The van der Waals surface area contributed by atoms with Crippen molar-refractivity contribution in [3.63, 3.8) is 0 Å². The summed E-state index contributed by atoms with van der Waals surface area (Å²) >= 11 is 1.45. The molecule has 0 bridgehead atoms. The highest BCUT2D eigenvalue weighted by molar-refractivity contribution is 7.19. The largest absolute Gasteiger partial charge is 0.294 e. The fraction of sp³-hybridized carbons (Fsp3) is 0.105. The Morgan fingerprint density at radius 2 is 1.81 bits per heavy atom. The molecule has 2 heterocycles. The third-order valence-corrected chi connectivity index (χ3v) is 5.11. The molecular weight excluding hydrogens is 364 g/mol. The van der Waals surface area contributed by atoms with E-state index in [0.29, 0.717) is 11.2 Å². The van der Waals surface area contributed by atoms with Gasteiger partial charge in [-0.1, -0.05) is 42.5 Å². The van der Waals surface area contributed by atoms with Crippen molar-refractivity contribution < 1.29 is 4.92 Å². The van der Waals surface area contributed by atoms with Crippen LogP contribution in [-0.2, 0) is 6.54 Å². The van der Waals surface area contributed by atoms with Crippen LogP contribution in [0, 0.1) is 17.0 Å². The number of thiazole rings is 1. The third-order valence-electron chi connectivity index (χ3n) is 4.13. The van der Waals surface area contributed by atoms with Gasteiger partial charge in [-0.2, -0.15) is 5.10 Å². The van der Waals surface area contributed by atoms with Crippen LogP contribution in [0.3, 0.4) is 0 Å². The van der Waals surface area contributed by atoms with Gasteiger partial charge in [-0.3, -0.25) is 14.9 Å². The first-order chi connectivity index (χ1) is 13.0. The minimum atomic E-state index is -0.453. The highest BCUT2D eigenvalue weighted by Crippen LogP contribution is 2.29. The summed E-state index contributed by atoms with van der Waals surface area (Å²) in [5, 5.41) is 16.2. The van der Waals surface area contributed by atoms with Crippen LogP contribution in [0.15, 0.2) is 59.4 Å². The molecule has 0 radical (unpaired) electrons. The summed E-state index contributed by atoms with van der Waals surface area (Å²) < 4.78 is 2.13. The molecule has 2 aromatic carbocycles. The molecule has 0 spiro atoms. The van der Waals surface area contributed by atoms with Crippen molar-refractivity contribution in [1.29, 1.82) is 0 Å². The van der Waals surface area contributed by atoms with Crippen molar-refractivity contribution in [2.75, 3.05) is 0 Å². The van der Waals surface area contributed by atoms with Crippen LogP contribution in [0.25, 0.3) is 21.5 Å². The predicted molar refractivity (Wildman–Crippen MR) is 104 cm³/mol. The summed E-state index contributed by atoms with van der Waals surface area (Å²) in [4.78, 5) is 27.6. The molecule has 0 unspecified atom stereocenters. The fourth-order valence-corrected chi connectivity index (χ4v) is 3.77. The van der Waals surface area contributed by atoms with E-state index in [9.17, 15) is 14.9 Å². The topological polar surface area (TPSA) is 90.9 Å². The number of non-ortho nitro benzene ring substituents is 1. The molecule has 4 rings (SSSR count). The van der Waals surface area contributed by atoms with E-state index < -0.39 is 4.92 Å².